The third-order valence-corrected chi connectivity index (χ3v) is 2.68. The van der Waals surface area contributed by atoms with Gasteiger partial charge in [0.1, 0.15) is 24.1 Å². The Labute approximate surface area is 126 Å². The van der Waals surface area contributed by atoms with E-state index >= 15 is 0 Å². The van der Waals surface area contributed by atoms with Crippen molar-refractivity contribution in [1.82, 2.24) is 9.80 Å². The van der Waals surface area contributed by atoms with Crippen molar-refractivity contribution in [3.8, 4) is 5.75 Å². The van der Waals surface area contributed by atoms with Crippen LogP contribution in [-0.4, -0.2) is 38.9 Å². The second-order valence-corrected chi connectivity index (χ2v) is 4.66. The lowest BCUT2D eigenvalue weighted by atomic mass is 10.2. The lowest BCUT2D eigenvalue weighted by Crippen LogP contribution is -2.40. The smallest absolute Gasteiger partial charge is 0.136 e. The molecule has 0 atom stereocenters. The van der Waals surface area contributed by atoms with Crippen LogP contribution in [0.2, 0.25) is 0 Å². The fourth-order valence-corrected chi connectivity index (χ4v) is 1.40. The number of nitrogens with one attached hydrogen (secondary N) is 1. The Hall–Kier alpha value is -1.72. The molecule has 0 heterocycles. The number of nitrogens with zero attached hydrogens (tertiary/aromatic N) is 1. The predicted molar refractivity (Wildman–Crippen MR) is 83.3 cm³/mol. The van der Waals surface area contributed by atoms with Crippen molar-refractivity contribution in [2.45, 2.75) is 6.92 Å². The predicted octanol–water partition coefficient (Wildman–Crippen LogP) is 1.42. The maximum atomic E-state index is 9.60. The monoisotopic (exact) mass is 302 g/mol. The van der Waals surface area contributed by atoms with Gasteiger partial charge in [-0.1, -0.05) is 6.58 Å². The van der Waals surface area contributed by atoms with Gasteiger partial charge in [0.15, 0.2) is 0 Å². The molecule has 0 saturated carbocycles. The average Bonchev–Trinajstić information content (AvgIpc) is 2.33. The number of halogens is 1. The Kier molecular flexibility index (Phi) is 9.50. The standard InChI is InChI=1S/C12H17NO.C2H5NO2.ClH/c1-5-8-13(3,4)11-7-6-10(2)12(14)9-11;1-3-2(4)5;/h5-7,9H,1,8H2,2-4H3;3H,1H3,(H,4,5);1H. The number of likely N-dealkylation sites (N-methyl/N-ethyl adjacent to an activating group) is 1. The molecule has 1 aromatic rings. The van der Waals surface area contributed by atoms with E-state index < -0.39 is 6.09 Å². The van der Waals surface area contributed by atoms with Crippen molar-refractivity contribution in [2.75, 3.05) is 27.7 Å². The minimum absolute atomic E-state index is 0. The third kappa shape index (κ3) is 7.01. The summed E-state index contributed by atoms with van der Waals surface area (Å²) in [5.41, 5.74) is 2.00. The van der Waals surface area contributed by atoms with Gasteiger partial charge < -0.3 is 20.3 Å². The number of hydrogen-bond donors (Lipinski definition) is 2. The molecule has 20 heavy (non-hydrogen) atoms. The van der Waals surface area contributed by atoms with Gasteiger partial charge in [-0.05, 0) is 30.7 Å². The molecular weight excluding hydrogens is 280 g/mol. The van der Waals surface area contributed by atoms with Crippen molar-refractivity contribution in [1.29, 1.82) is 0 Å². The van der Waals surface area contributed by atoms with Gasteiger partial charge in [-0.25, -0.2) is 0 Å². The van der Waals surface area contributed by atoms with Crippen LogP contribution in [0.15, 0.2) is 30.9 Å². The fraction of sp³-hybridized carbons (Fsp3) is 0.357. The minimum atomic E-state index is -1.25. The second kappa shape index (κ2) is 9.23. The topological polar surface area (TPSA) is 72.4 Å². The number of aryl methyl sites for hydroxylation is 1. The van der Waals surface area contributed by atoms with Gasteiger partial charge in [0.05, 0.1) is 14.1 Å². The van der Waals surface area contributed by atoms with E-state index in [9.17, 15) is 5.11 Å². The van der Waals surface area contributed by atoms with Gasteiger partial charge in [-0.15, -0.1) is 12.4 Å². The molecule has 5 nitrogen and oxygen atoms in total. The molecule has 114 valence electrons. The highest BCUT2D eigenvalue weighted by Crippen LogP contribution is 2.26. The molecule has 0 aromatic heterocycles. The summed E-state index contributed by atoms with van der Waals surface area (Å²) in [7, 11) is 5.47. The Morgan fingerprint density at radius 2 is 2.00 bits per heavy atom. The van der Waals surface area contributed by atoms with Crippen LogP contribution in [-0.2, 0) is 0 Å². The van der Waals surface area contributed by atoms with E-state index in [0.29, 0.717) is 10.2 Å². The number of carboxylic acid groups (broad SMARTS) is 1. The summed E-state index contributed by atoms with van der Waals surface area (Å²) >= 11 is 0. The zero-order valence-corrected chi connectivity index (χ0v) is 13.2. The maximum absolute atomic E-state index is 9.60. The highest BCUT2D eigenvalue weighted by molar-refractivity contribution is 5.85. The van der Waals surface area contributed by atoms with E-state index in [1.54, 1.807) is 0 Å². The van der Waals surface area contributed by atoms with E-state index in [-0.39, 0.29) is 12.4 Å². The van der Waals surface area contributed by atoms with Crippen LogP contribution in [0.25, 0.3) is 0 Å². The molecule has 0 radical (unpaired) electrons. The third-order valence-electron chi connectivity index (χ3n) is 2.68. The molecule has 0 bridgehead atoms. The van der Waals surface area contributed by atoms with E-state index in [4.69, 9.17) is 9.90 Å². The number of quaternary nitrogens is 1. The molecule has 0 aliphatic heterocycles. The van der Waals surface area contributed by atoms with Gasteiger partial charge in [0.25, 0.3) is 0 Å². The van der Waals surface area contributed by atoms with Crippen molar-refractivity contribution < 1.29 is 15.0 Å². The normalized spacial score (nSPS) is 9.60. The van der Waals surface area contributed by atoms with Crippen LogP contribution in [0.4, 0.5) is 10.5 Å². The summed E-state index contributed by atoms with van der Waals surface area (Å²) in [6.07, 6.45) is 0.640. The molecule has 0 spiro atoms. The zero-order chi connectivity index (χ0) is 15.1. The van der Waals surface area contributed by atoms with Crippen molar-refractivity contribution >= 4 is 24.2 Å². The number of carbonyl (C=O) groups is 1. The quantitative estimate of drug-likeness (QED) is 0.655. The van der Waals surface area contributed by atoms with E-state index in [1.807, 2.05) is 36.5 Å². The summed E-state index contributed by atoms with van der Waals surface area (Å²) in [6, 6.07) is 5.80. The molecule has 1 amide bonds. The number of phenolic OH excluding ortho intramolecular Hbond substituents is 1. The Morgan fingerprint density at radius 3 is 2.35 bits per heavy atom. The highest BCUT2D eigenvalue weighted by Gasteiger charge is 2.17. The first kappa shape index (κ1) is 20.6. The summed E-state index contributed by atoms with van der Waals surface area (Å²) < 4.78 is 0.706. The molecule has 1 aromatic carbocycles. The Morgan fingerprint density at radius 1 is 1.50 bits per heavy atom. The molecule has 0 saturated heterocycles. The molecule has 2 N–H and O–H groups in total. The first-order chi connectivity index (χ1) is 8.74. The van der Waals surface area contributed by atoms with Gasteiger partial charge in [0, 0.05) is 13.1 Å². The van der Waals surface area contributed by atoms with Crippen molar-refractivity contribution in [3.63, 3.8) is 0 Å². The van der Waals surface area contributed by atoms with Crippen LogP contribution >= 0.6 is 12.4 Å². The van der Waals surface area contributed by atoms with Crippen molar-refractivity contribution in [2.24, 2.45) is 0 Å². The number of hydrogen-bond acceptors (Lipinski definition) is 3. The highest BCUT2D eigenvalue weighted by atomic mass is 35.5. The molecular formula is C14H23ClN2O3. The fourth-order valence-electron chi connectivity index (χ4n) is 1.40. The molecule has 6 heteroatoms. The lowest BCUT2D eigenvalue weighted by Gasteiger charge is -2.28. The van der Waals surface area contributed by atoms with E-state index in [1.165, 1.54) is 7.05 Å². The zero-order valence-electron chi connectivity index (χ0n) is 12.3. The van der Waals surface area contributed by atoms with Gasteiger partial charge >= 0.3 is 0 Å². The Balaban J connectivity index is 0. The van der Waals surface area contributed by atoms with Crippen molar-refractivity contribution in [3.05, 3.63) is 36.4 Å². The summed E-state index contributed by atoms with van der Waals surface area (Å²) in [4.78, 5) is 9.15. The van der Waals surface area contributed by atoms with Crippen LogP contribution in [0.3, 0.4) is 0 Å². The number of phenols is 1. The number of benzene rings is 1. The average molecular weight is 303 g/mol. The van der Waals surface area contributed by atoms with Crippen LogP contribution in [0.1, 0.15) is 5.56 Å². The summed E-state index contributed by atoms with van der Waals surface area (Å²) in [5.74, 6) is 0.359. The first-order valence-electron chi connectivity index (χ1n) is 5.87. The van der Waals surface area contributed by atoms with Crippen LogP contribution in [0, 0.1) is 6.92 Å². The minimum Gasteiger partial charge on any atom is -0.530 e. The van der Waals surface area contributed by atoms with Crippen LogP contribution in [0.5, 0.6) is 5.75 Å². The molecule has 0 aliphatic carbocycles. The van der Waals surface area contributed by atoms with Gasteiger partial charge in [0.2, 0.25) is 0 Å². The molecule has 0 aliphatic rings. The largest absolute Gasteiger partial charge is 0.530 e. The van der Waals surface area contributed by atoms with Gasteiger partial charge in [-0.2, -0.15) is 0 Å². The lowest BCUT2D eigenvalue weighted by molar-refractivity contribution is -0.250. The Bertz CT molecular complexity index is 448. The molecule has 0 unspecified atom stereocenters. The van der Waals surface area contributed by atoms with E-state index in [0.717, 1.165) is 17.8 Å². The number of aromatic hydroxyl groups is 1. The molecule has 0 fully saturated rings. The summed E-state index contributed by atoms with van der Waals surface area (Å²) in [5, 5.41) is 20.6. The number of carbonyl (C=O) groups excluding carboxylic acids is 1. The second-order valence-electron chi connectivity index (χ2n) is 4.66. The van der Waals surface area contributed by atoms with E-state index in [2.05, 4.69) is 20.7 Å². The molecule has 1 rings (SSSR count). The number of rotatable bonds is 3. The number of amides is 1. The maximum Gasteiger partial charge on any atom is 0.136 e. The van der Waals surface area contributed by atoms with Gasteiger partial charge in [-0.3, -0.25) is 4.48 Å². The SMILES string of the molecule is C=CC[N+](C)(C)c1ccc(C)c(O)c1.CNC(=O)[O-].Cl. The first-order valence-corrected chi connectivity index (χ1v) is 5.87. The summed E-state index contributed by atoms with van der Waals surface area (Å²) in [6.45, 7) is 6.48. The van der Waals surface area contributed by atoms with Crippen LogP contribution < -0.4 is 14.9 Å².